The van der Waals surface area contributed by atoms with Crippen molar-refractivity contribution in [2.75, 3.05) is 42.7 Å². The van der Waals surface area contributed by atoms with E-state index in [0.717, 1.165) is 63.2 Å². The van der Waals surface area contributed by atoms with Crippen LogP contribution in [0.1, 0.15) is 54.4 Å². The number of piperidine rings is 2. The Morgan fingerprint density at radius 1 is 1.10 bits per heavy atom. The maximum atomic E-state index is 13.1. The van der Waals surface area contributed by atoms with Crippen LogP contribution in [0.3, 0.4) is 0 Å². The number of halogens is 3. The van der Waals surface area contributed by atoms with Crippen LogP contribution in [0, 0.1) is 11.8 Å². The lowest BCUT2D eigenvalue weighted by Crippen LogP contribution is -2.36. The van der Waals surface area contributed by atoms with Crippen LogP contribution in [0.25, 0.3) is 0 Å². The maximum absolute atomic E-state index is 13.1. The number of pyridine rings is 1. The summed E-state index contributed by atoms with van der Waals surface area (Å²) in [5.74, 6) is 0.413. The Kier molecular flexibility index (Phi) is 8.95. The van der Waals surface area contributed by atoms with Crippen LogP contribution in [0.5, 0.6) is 0 Å². The summed E-state index contributed by atoms with van der Waals surface area (Å²) in [6.45, 7) is 2.97. The Morgan fingerprint density at radius 3 is 2.46 bits per heavy atom. The van der Waals surface area contributed by atoms with Crippen molar-refractivity contribution in [3.8, 4) is 0 Å². The second kappa shape index (κ2) is 12.0. The second-order valence-corrected chi connectivity index (χ2v) is 12.5. The standard InChI is InChI=1S/C27H33F3N4O4S/c1-39(37,38)23-15-24(33-26(36)20-5-2-6-21(14-20)27(28,29)30)25(32-17-23)34-10-7-18(8-11-34)12-22(35)13-19-4-3-9-31-16-19/h2,5-6,14-15,17-19,31H,3-4,7-13,16H2,1H3,(H,33,36)/t19-/m1/s1. The number of amides is 1. The van der Waals surface area contributed by atoms with Gasteiger partial charge in [-0.15, -0.1) is 0 Å². The molecule has 0 saturated carbocycles. The zero-order chi connectivity index (χ0) is 28.2. The van der Waals surface area contributed by atoms with E-state index >= 15 is 0 Å². The zero-order valence-corrected chi connectivity index (χ0v) is 22.6. The molecule has 2 aromatic rings. The molecule has 0 bridgehead atoms. The number of hydrogen-bond acceptors (Lipinski definition) is 7. The number of alkyl halides is 3. The Morgan fingerprint density at radius 2 is 1.82 bits per heavy atom. The molecule has 0 spiro atoms. The molecule has 2 aliphatic heterocycles. The Hall–Kier alpha value is -2.99. The van der Waals surface area contributed by atoms with Crippen LogP contribution in [-0.4, -0.2) is 57.5 Å². The van der Waals surface area contributed by atoms with E-state index in [4.69, 9.17) is 0 Å². The second-order valence-electron chi connectivity index (χ2n) is 10.4. The minimum Gasteiger partial charge on any atom is -0.355 e. The van der Waals surface area contributed by atoms with E-state index in [0.29, 0.717) is 37.7 Å². The van der Waals surface area contributed by atoms with Gasteiger partial charge in [0.15, 0.2) is 15.7 Å². The molecule has 3 heterocycles. The lowest BCUT2D eigenvalue weighted by molar-refractivity contribution is -0.137. The van der Waals surface area contributed by atoms with Crippen molar-refractivity contribution in [3.63, 3.8) is 0 Å². The Labute approximate surface area is 226 Å². The van der Waals surface area contributed by atoms with E-state index in [1.165, 1.54) is 18.3 Å². The number of Topliss-reactive ketones (excluding diaryl/α,β-unsaturated/α-hetero) is 1. The fourth-order valence-electron chi connectivity index (χ4n) is 5.19. The first-order valence-electron chi connectivity index (χ1n) is 13.1. The maximum Gasteiger partial charge on any atom is 0.416 e. The van der Waals surface area contributed by atoms with Gasteiger partial charge in [-0.3, -0.25) is 9.59 Å². The summed E-state index contributed by atoms with van der Waals surface area (Å²) in [4.78, 5) is 31.6. The largest absolute Gasteiger partial charge is 0.416 e. The summed E-state index contributed by atoms with van der Waals surface area (Å²) < 4.78 is 63.7. The minimum atomic E-state index is -4.61. The highest BCUT2D eigenvalue weighted by Crippen LogP contribution is 2.33. The molecule has 2 aliphatic rings. The van der Waals surface area contributed by atoms with Gasteiger partial charge in [-0.1, -0.05) is 6.07 Å². The van der Waals surface area contributed by atoms with E-state index in [9.17, 15) is 31.2 Å². The number of sulfone groups is 1. The first-order valence-corrected chi connectivity index (χ1v) is 15.0. The third-order valence-electron chi connectivity index (χ3n) is 7.32. The highest BCUT2D eigenvalue weighted by atomic mass is 32.2. The van der Waals surface area contributed by atoms with Crippen molar-refractivity contribution in [3.05, 3.63) is 47.7 Å². The Balaban J connectivity index is 1.46. The van der Waals surface area contributed by atoms with Crippen LogP contribution in [-0.2, 0) is 20.8 Å². The molecule has 1 atom stereocenters. The summed E-state index contributed by atoms with van der Waals surface area (Å²) in [6, 6.07) is 5.28. The summed E-state index contributed by atoms with van der Waals surface area (Å²) in [5, 5.41) is 5.91. The normalized spacial score (nSPS) is 19.1. The van der Waals surface area contributed by atoms with Crippen molar-refractivity contribution >= 4 is 33.0 Å². The number of ketones is 1. The quantitative estimate of drug-likeness (QED) is 0.490. The number of benzene rings is 1. The van der Waals surface area contributed by atoms with Gasteiger partial charge in [-0.25, -0.2) is 13.4 Å². The van der Waals surface area contributed by atoms with E-state index < -0.39 is 27.5 Å². The van der Waals surface area contributed by atoms with Crippen LogP contribution in [0.4, 0.5) is 24.7 Å². The fraction of sp³-hybridized carbons (Fsp3) is 0.519. The van der Waals surface area contributed by atoms with Gasteiger partial charge in [0.2, 0.25) is 0 Å². The molecular formula is C27H33F3N4O4S. The van der Waals surface area contributed by atoms with Gasteiger partial charge in [0, 0.05) is 43.9 Å². The minimum absolute atomic E-state index is 0.0969. The van der Waals surface area contributed by atoms with Gasteiger partial charge in [0.1, 0.15) is 5.78 Å². The average molecular weight is 567 g/mol. The molecular weight excluding hydrogens is 533 g/mol. The van der Waals surface area contributed by atoms with E-state index in [1.807, 2.05) is 4.90 Å². The lowest BCUT2D eigenvalue weighted by atomic mass is 9.87. The first-order chi connectivity index (χ1) is 18.4. The molecule has 2 N–H and O–H groups in total. The highest BCUT2D eigenvalue weighted by molar-refractivity contribution is 7.90. The fourth-order valence-corrected chi connectivity index (χ4v) is 5.77. The van der Waals surface area contributed by atoms with Crippen LogP contribution >= 0.6 is 0 Å². The highest BCUT2D eigenvalue weighted by Gasteiger charge is 2.31. The lowest BCUT2D eigenvalue weighted by Gasteiger charge is -2.34. The van der Waals surface area contributed by atoms with E-state index in [1.54, 1.807) is 0 Å². The summed E-state index contributed by atoms with van der Waals surface area (Å²) in [5.41, 5.74) is -1.08. The molecule has 1 aromatic carbocycles. The summed E-state index contributed by atoms with van der Waals surface area (Å²) in [7, 11) is -3.66. The van der Waals surface area contributed by atoms with Gasteiger partial charge in [-0.2, -0.15) is 13.2 Å². The predicted molar refractivity (Wildman–Crippen MR) is 142 cm³/mol. The molecule has 4 rings (SSSR count). The smallest absolute Gasteiger partial charge is 0.355 e. The van der Waals surface area contributed by atoms with Crippen LogP contribution in [0.15, 0.2) is 41.4 Å². The molecule has 2 saturated heterocycles. The van der Waals surface area contributed by atoms with Crippen molar-refractivity contribution in [2.24, 2.45) is 11.8 Å². The molecule has 39 heavy (non-hydrogen) atoms. The predicted octanol–water partition coefficient (Wildman–Crippen LogP) is 4.32. The summed E-state index contributed by atoms with van der Waals surface area (Å²) >= 11 is 0. The van der Waals surface area contributed by atoms with Crippen molar-refractivity contribution in [1.82, 2.24) is 10.3 Å². The van der Waals surface area contributed by atoms with Crippen LogP contribution in [0.2, 0.25) is 0 Å². The molecule has 2 fully saturated rings. The molecule has 212 valence electrons. The topological polar surface area (TPSA) is 108 Å². The van der Waals surface area contributed by atoms with Crippen molar-refractivity contribution < 1.29 is 31.2 Å². The molecule has 0 unspecified atom stereocenters. The van der Waals surface area contributed by atoms with Gasteiger partial charge in [0.25, 0.3) is 5.91 Å². The average Bonchev–Trinajstić information content (AvgIpc) is 2.89. The monoisotopic (exact) mass is 566 g/mol. The number of hydrogen-bond donors (Lipinski definition) is 2. The third kappa shape index (κ3) is 7.78. The number of carbonyl (C=O) groups is 2. The molecule has 0 aliphatic carbocycles. The molecule has 1 amide bonds. The number of anilines is 2. The van der Waals surface area contributed by atoms with Gasteiger partial charge < -0.3 is 15.5 Å². The number of rotatable bonds is 8. The van der Waals surface area contributed by atoms with Crippen LogP contribution < -0.4 is 15.5 Å². The number of nitrogens with one attached hydrogen (secondary N) is 2. The molecule has 0 radical (unpaired) electrons. The number of carbonyl (C=O) groups excluding carboxylic acids is 2. The van der Waals surface area contributed by atoms with Gasteiger partial charge in [0.05, 0.1) is 16.1 Å². The summed E-state index contributed by atoms with van der Waals surface area (Å²) in [6.07, 6.45) is 2.33. The zero-order valence-electron chi connectivity index (χ0n) is 21.8. The van der Waals surface area contributed by atoms with E-state index in [2.05, 4.69) is 15.6 Å². The molecule has 8 nitrogen and oxygen atoms in total. The number of nitrogens with zero attached hydrogens (tertiary/aromatic N) is 2. The number of aromatic nitrogens is 1. The third-order valence-corrected chi connectivity index (χ3v) is 8.40. The van der Waals surface area contributed by atoms with E-state index in [-0.39, 0.29) is 27.8 Å². The molecule has 1 aromatic heterocycles. The van der Waals surface area contributed by atoms with Gasteiger partial charge >= 0.3 is 6.18 Å². The molecule has 12 heteroatoms. The van der Waals surface area contributed by atoms with Crippen molar-refractivity contribution in [2.45, 2.75) is 49.6 Å². The Bertz CT molecular complexity index is 1300. The van der Waals surface area contributed by atoms with Crippen molar-refractivity contribution in [1.29, 1.82) is 0 Å². The first kappa shape index (κ1) is 29.0. The SMILES string of the molecule is CS(=O)(=O)c1cnc(N2CCC(CC(=O)C[C@H]3CCCNC3)CC2)c(NC(=O)c2cccc(C(F)(F)F)c2)c1. The van der Waals surface area contributed by atoms with Gasteiger partial charge in [-0.05, 0) is 74.9 Å².